The number of carbonyl (C=O) groups is 5. The first-order valence-corrected chi connectivity index (χ1v) is 13.2. The van der Waals surface area contributed by atoms with Gasteiger partial charge in [0.1, 0.15) is 49.2 Å². The van der Waals surface area contributed by atoms with Crippen LogP contribution in [0.4, 0.5) is 5.69 Å². The number of esters is 1. The monoisotopic (exact) mass is 636 g/mol. The molecule has 18 heteroatoms. The van der Waals surface area contributed by atoms with E-state index >= 15 is 0 Å². The Morgan fingerprint density at radius 2 is 1.69 bits per heavy atom. The van der Waals surface area contributed by atoms with E-state index in [1.165, 1.54) is 23.2 Å². The van der Waals surface area contributed by atoms with Crippen molar-refractivity contribution in [3.63, 3.8) is 0 Å². The second kappa shape index (κ2) is 13.3. The van der Waals surface area contributed by atoms with E-state index in [4.69, 9.17) is 19.3 Å². The van der Waals surface area contributed by atoms with Crippen molar-refractivity contribution in [1.82, 2.24) is 0 Å². The number of phenols is 1. The highest BCUT2D eigenvalue weighted by Crippen LogP contribution is 2.42. The van der Waals surface area contributed by atoms with Gasteiger partial charge in [0.25, 0.3) is 0 Å². The molecule has 1 aromatic rings. The summed E-state index contributed by atoms with van der Waals surface area (Å²) in [4.78, 5) is 62.1. The van der Waals surface area contributed by atoms with Gasteiger partial charge in [-0.2, -0.15) is 0 Å². The molecule has 18 nitrogen and oxygen atoms in total. The summed E-state index contributed by atoms with van der Waals surface area (Å²) in [5.41, 5.74) is 0.281. The summed E-state index contributed by atoms with van der Waals surface area (Å²) in [6.07, 6.45) is -6.21. The summed E-state index contributed by atoms with van der Waals surface area (Å²) in [6, 6.07) is -0.182. The molecule has 242 valence electrons. The third-order valence-electron chi connectivity index (χ3n) is 7.09. The van der Waals surface area contributed by atoms with Crippen LogP contribution in [0.2, 0.25) is 0 Å². The molecule has 0 radical (unpaired) electrons. The average Bonchev–Trinajstić information content (AvgIpc) is 3.32. The number of rotatable bonds is 11. The lowest BCUT2D eigenvalue weighted by molar-refractivity contribution is -0.278. The van der Waals surface area contributed by atoms with Gasteiger partial charge < -0.3 is 60.0 Å². The number of benzene rings is 1. The van der Waals surface area contributed by atoms with Crippen LogP contribution in [0.3, 0.4) is 0 Å². The number of aromatic hydroxyl groups is 1. The summed E-state index contributed by atoms with van der Waals surface area (Å²) in [5.74, 6) is -7.57. The molecule has 45 heavy (non-hydrogen) atoms. The van der Waals surface area contributed by atoms with Crippen LogP contribution in [-0.4, -0.2) is 126 Å². The Labute approximate surface area is 252 Å². The summed E-state index contributed by atoms with van der Waals surface area (Å²) >= 11 is 0. The molecule has 0 saturated carbocycles. The van der Waals surface area contributed by atoms with E-state index in [-0.39, 0.29) is 29.9 Å². The van der Waals surface area contributed by atoms with Crippen LogP contribution in [0.1, 0.15) is 18.4 Å². The maximum Gasteiger partial charge on any atom is 0.354 e. The molecule has 7 atom stereocenters. The summed E-state index contributed by atoms with van der Waals surface area (Å²) in [5, 5.41) is 78.8. The van der Waals surface area contributed by atoms with Crippen molar-refractivity contribution in [2.75, 3.05) is 11.5 Å². The highest BCUT2D eigenvalue weighted by atomic mass is 16.7. The number of allylic oxidation sites excluding steroid dienone is 1. The van der Waals surface area contributed by atoms with Gasteiger partial charge in [-0.15, -0.1) is 0 Å². The molecule has 3 heterocycles. The number of aliphatic hydroxyl groups excluding tert-OH is 3. The van der Waals surface area contributed by atoms with Gasteiger partial charge in [-0.1, -0.05) is 0 Å². The first-order chi connectivity index (χ1) is 21.2. The van der Waals surface area contributed by atoms with E-state index in [2.05, 4.69) is 4.99 Å². The SMILES string of the molecule is O=C(O)CC(=O)OC[C@H]1O[C@@H](Oc2cc3c(cc2O)N(C=CC2=CC(C(=O)O)=N[C@H](C(=O)O)C2)[C@@H](C(=O)O)C3)[C@H](O)[C@@H](O)[C@@H]1O. The van der Waals surface area contributed by atoms with Crippen LogP contribution in [0.5, 0.6) is 11.5 Å². The fourth-order valence-corrected chi connectivity index (χ4v) is 4.85. The molecule has 0 bridgehead atoms. The van der Waals surface area contributed by atoms with Crippen LogP contribution in [0.15, 0.2) is 41.1 Å². The largest absolute Gasteiger partial charge is 0.504 e. The number of hydrogen-bond acceptors (Lipinski definition) is 14. The number of dihydropyridines is 1. The molecule has 0 aromatic heterocycles. The van der Waals surface area contributed by atoms with Gasteiger partial charge in [0.05, 0.1) is 0 Å². The Morgan fingerprint density at radius 3 is 2.31 bits per heavy atom. The Hall–Kier alpha value is -5.04. The number of aliphatic imine (C=N–C) groups is 1. The number of hydrogen-bond donors (Lipinski definition) is 8. The maximum atomic E-state index is 12.1. The standard InChI is InChI=1S/C27H28N2O16/c30-16-7-14-11(5-15(26(41)42)29(14)2-1-10-3-12(24(37)38)28-13(4-10)25(39)40)6-17(16)44-27-23(36)22(35)21(34)18(45-27)9-43-20(33)8-19(31)32/h1-3,6-7,13,15,18,21-23,27,30,34-36H,4-5,8-9H2,(H,31,32)(H,37,38)(H,39,40)(H,41,42)/t13-,15+,18+,21+,22-,23+,27+/m0/s1. The number of aliphatic carboxylic acids is 4. The molecule has 0 aliphatic carbocycles. The van der Waals surface area contributed by atoms with Crippen LogP contribution in [0.25, 0.3) is 0 Å². The number of carboxylic acid groups (broad SMARTS) is 4. The molecule has 4 rings (SSSR count). The van der Waals surface area contributed by atoms with Crippen molar-refractivity contribution < 1.29 is 79.0 Å². The highest BCUT2D eigenvalue weighted by molar-refractivity contribution is 6.41. The minimum atomic E-state index is -1.87. The molecule has 0 spiro atoms. The first kappa shape index (κ1) is 32.9. The van der Waals surface area contributed by atoms with Crippen LogP contribution in [-0.2, 0) is 39.9 Å². The number of anilines is 1. The minimum absolute atomic E-state index is 0.123. The number of fused-ring (bicyclic) bond motifs is 1. The Balaban J connectivity index is 1.55. The van der Waals surface area contributed by atoms with E-state index in [1.54, 1.807) is 0 Å². The summed E-state index contributed by atoms with van der Waals surface area (Å²) in [7, 11) is 0. The van der Waals surface area contributed by atoms with Gasteiger partial charge in [-0.25, -0.2) is 14.4 Å². The van der Waals surface area contributed by atoms with Crippen molar-refractivity contribution in [3.8, 4) is 11.5 Å². The second-order valence-electron chi connectivity index (χ2n) is 10.2. The van der Waals surface area contributed by atoms with Gasteiger partial charge in [0.15, 0.2) is 17.5 Å². The van der Waals surface area contributed by atoms with E-state index < -0.39 is 97.1 Å². The van der Waals surface area contributed by atoms with Crippen molar-refractivity contribution in [3.05, 3.63) is 41.6 Å². The number of nitrogens with zero attached hydrogens (tertiary/aromatic N) is 2. The van der Waals surface area contributed by atoms with Gasteiger partial charge >= 0.3 is 29.8 Å². The van der Waals surface area contributed by atoms with E-state index in [1.807, 2.05) is 0 Å². The molecule has 1 saturated heterocycles. The van der Waals surface area contributed by atoms with Gasteiger partial charge in [0, 0.05) is 30.8 Å². The molecule has 1 aromatic carbocycles. The fraction of sp³-hybridized carbons (Fsp3) is 0.407. The Bertz CT molecular complexity index is 1480. The highest BCUT2D eigenvalue weighted by Gasteiger charge is 2.46. The van der Waals surface area contributed by atoms with E-state index in [0.29, 0.717) is 5.56 Å². The lowest BCUT2D eigenvalue weighted by atomic mass is 9.99. The molecular formula is C27H28N2O16. The second-order valence-corrected chi connectivity index (χ2v) is 10.2. The van der Waals surface area contributed by atoms with E-state index in [0.717, 1.165) is 12.1 Å². The molecule has 0 amide bonds. The van der Waals surface area contributed by atoms with Gasteiger partial charge in [0.2, 0.25) is 6.29 Å². The number of carbonyl (C=O) groups excluding carboxylic acids is 1. The lowest BCUT2D eigenvalue weighted by Crippen LogP contribution is -2.60. The third kappa shape index (κ3) is 7.37. The number of aliphatic hydroxyl groups is 3. The van der Waals surface area contributed by atoms with Gasteiger partial charge in [-0.05, 0) is 29.4 Å². The molecule has 8 N–H and O–H groups in total. The molecule has 3 aliphatic heterocycles. The normalized spacial score (nSPS) is 27.7. The predicted molar refractivity (Wildman–Crippen MR) is 145 cm³/mol. The predicted octanol–water partition coefficient (Wildman–Crippen LogP) is -1.77. The van der Waals surface area contributed by atoms with Crippen LogP contribution >= 0.6 is 0 Å². The van der Waals surface area contributed by atoms with Crippen LogP contribution in [0, 0.1) is 0 Å². The maximum absolute atomic E-state index is 12.1. The number of ether oxygens (including phenoxy) is 3. The summed E-state index contributed by atoms with van der Waals surface area (Å²) in [6.45, 7) is -0.710. The first-order valence-electron chi connectivity index (χ1n) is 13.2. The zero-order chi connectivity index (χ0) is 33.2. The minimum Gasteiger partial charge on any atom is -0.504 e. The van der Waals surface area contributed by atoms with E-state index in [9.17, 15) is 59.7 Å². The zero-order valence-electron chi connectivity index (χ0n) is 23.0. The smallest absolute Gasteiger partial charge is 0.354 e. The van der Waals surface area contributed by atoms with Crippen molar-refractivity contribution >= 4 is 41.2 Å². The van der Waals surface area contributed by atoms with Gasteiger partial charge in [-0.3, -0.25) is 14.6 Å². The molecule has 0 unspecified atom stereocenters. The van der Waals surface area contributed by atoms with Crippen LogP contribution < -0.4 is 9.64 Å². The average molecular weight is 637 g/mol. The molecular weight excluding hydrogens is 608 g/mol. The van der Waals surface area contributed by atoms with Crippen molar-refractivity contribution in [2.45, 2.75) is 62.1 Å². The zero-order valence-corrected chi connectivity index (χ0v) is 23.0. The van der Waals surface area contributed by atoms with Crippen molar-refractivity contribution in [2.24, 2.45) is 4.99 Å². The molecule has 3 aliphatic rings. The lowest BCUT2D eigenvalue weighted by Gasteiger charge is -2.40. The molecule has 1 fully saturated rings. The van der Waals surface area contributed by atoms with Crippen molar-refractivity contribution in [1.29, 1.82) is 0 Å². The number of phenolic OH excluding ortho intramolecular Hbond substituents is 1. The Morgan fingerprint density at radius 1 is 0.978 bits per heavy atom. The third-order valence-corrected chi connectivity index (χ3v) is 7.09. The topological polar surface area (TPSA) is 290 Å². The fourth-order valence-electron chi connectivity index (χ4n) is 4.85. The summed E-state index contributed by atoms with van der Waals surface area (Å²) < 4.78 is 15.7. The quantitative estimate of drug-likeness (QED) is 0.0985. The Kier molecular flexibility index (Phi) is 9.72. The number of carboxylic acids is 4.